The fourth-order valence-corrected chi connectivity index (χ4v) is 2.40. The molecule has 1 aromatic heterocycles. The highest BCUT2D eigenvalue weighted by Gasteiger charge is 2.22. The second-order valence-corrected chi connectivity index (χ2v) is 4.97. The van der Waals surface area contributed by atoms with Crippen LogP contribution in [0.15, 0.2) is 36.7 Å². The second kappa shape index (κ2) is 6.43. The van der Waals surface area contributed by atoms with Gasteiger partial charge in [-0.15, -0.1) is 0 Å². The lowest BCUT2D eigenvalue weighted by Gasteiger charge is -2.24. The van der Waals surface area contributed by atoms with E-state index in [4.69, 9.17) is 5.73 Å². The highest BCUT2D eigenvalue weighted by Crippen LogP contribution is 2.23. The molecule has 0 aliphatic carbocycles. The van der Waals surface area contributed by atoms with Gasteiger partial charge in [0.2, 0.25) is 5.91 Å². The van der Waals surface area contributed by atoms with Crippen LogP contribution in [0, 0.1) is 0 Å². The molecule has 5 heteroatoms. The van der Waals surface area contributed by atoms with Gasteiger partial charge < -0.3 is 15.2 Å². The Morgan fingerprint density at radius 1 is 1.29 bits per heavy atom. The van der Waals surface area contributed by atoms with Crippen molar-refractivity contribution in [1.82, 2.24) is 14.5 Å². The number of benzene rings is 1. The third-order valence-electron chi connectivity index (χ3n) is 3.69. The maximum Gasteiger partial charge on any atom is 0.245 e. The van der Waals surface area contributed by atoms with Gasteiger partial charge in [-0.2, -0.15) is 0 Å². The number of rotatable bonds is 5. The lowest BCUT2D eigenvalue weighted by atomic mass is 10.2. The molecular weight excluding hydrogens is 264 g/mol. The average molecular weight is 286 g/mol. The van der Waals surface area contributed by atoms with Crippen LogP contribution in [0.4, 0.5) is 5.69 Å². The largest absolute Gasteiger partial charge is 0.399 e. The van der Waals surface area contributed by atoms with E-state index in [0.29, 0.717) is 18.8 Å². The first kappa shape index (κ1) is 15.1. The molecule has 0 bridgehead atoms. The van der Waals surface area contributed by atoms with Gasteiger partial charge >= 0.3 is 0 Å². The molecule has 0 aliphatic heterocycles. The molecule has 1 heterocycles. The topological polar surface area (TPSA) is 64.2 Å². The summed E-state index contributed by atoms with van der Waals surface area (Å²) >= 11 is 0. The van der Waals surface area contributed by atoms with Crippen molar-refractivity contribution in [3.63, 3.8) is 0 Å². The molecule has 1 aromatic carbocycles. The fraction of sp³-hybridized carbons (Fsp3) is 0.375. The number of imidazole rings is 1. The predicted octanol–water partition coefficient (Wildman–Crippen LogP) is 2.56. The molecule has 1 atom stereocenters. The van der Waals surface area contributed by atoms with E-state index in [1.165, 1.54) is 0 Å². The molecule has 1 amide bonds. The highest BCUT2D eigenvalue weighted by molar-refractivity contribution is 5.80. The number of carbonyl (C=O) groups is 1. The van der Waals surface area contributed by atoms with E-state index in [0.717, 1.165) is 11.4 Å². The Hall–Kier alpha value is -2.30. The summed E-state index contributed by atoms with van der Waals surface area (Å²) in [5, 5.41) is 0. The van der Waals surface area contributed by atoms with Crippen LogP contribution in [0.1, 0.15) is 26.8 Å². The van der Waals surface area contributed by atoms with Gasteiger partial charge in [-0.1, -0.05) is 0 Å². The van der Waals surface area contributed by atoms with E-state index >= 15 is 0 Å². The average Bonchev–Trinajstić information content (AvgIpc) is 2.97. The number of hydrogen-bond acceptors (Lipinski definition) is 3. The number of aromatic nitrogens is 2. The number of amides is 1. The number of likely N-dealkylation sites (N-methyl/N-ethyl adjacent to an activating group) is 1. The number of nitrogen functional groups attached to an aromatic ring is 1. The second-order valence-electron chi connectivity index (χ2n) is 4.97. The van der Waals surface area contributed by atoms with Crippen molar-refractivity contribution in [3.05, 3.63) is 36.7 Å². The molecule has 0 radical (unpaired) electrons. The number of nitrogens with zero attached hydrogens (tertiary/aromatic N) is 3. The lowest BCUT2D eigenvalue weighted by Crippen LogP contribution is -2.36. The summed E-state index contributed by atoms with van der Waals surface area (Å²) in [5.41, 5.74) is 7.38. The smallest absolute Gasteiger partial charge is 0.245 e. The molecule has 0 saturated carbocycles. The van der Waals surface area contributed by atoms with E-state index in [1.807, 2.05) is 60.7 Å². The molecule has 2 N–H and O–H groups in total. The fourth-order valence-electron chi connectivity index (χ4n) is 2.40. The van der Waals surface area contributed by atoms with Crippen LogP contribution in [0.5, 0.6) is 0 Å². The molecule has 112 valence electrons. The van der Waals surface area contributed by atoms with Crippen LogP contribution in [0.25, 0.3) is 11.4 Å². The zero-order valence-electron chi connectivity index (χ0n) is 12.8. The van der Waals surface area contributed by atoms with E-state index in [9.17, 15) is 4.79 Å². The first-order chi connectivity index (χ1) is 10.1. The van der Waals surface area contributed by atoms with Crippen LogP contribution >= 0.6 is 0 Å². The van der Waals surface area contributed by atoms with E-state index in [1.54, 1.807) is 6.20 Å². The SMILES string of the molecule is CCN(CC)C(=O)C(C)n1ccnc1-c1ccc(N)cc1. The minimum absolute atomic E-state index is 0.106. The molecule has 0 spiro atoms. The molecular formula is C16H22N4O. The van der Waals surface area contributed by atoms with Gasteiger partial charge in [-0.25, -0.2) is 4.98 Å². The molecule has 5 nitrogen and oxygen atoms in total. The summed E-state index contributed by atoms with van der Waals surface area (Å²) < 4.78 is 1.91. The Balaban J connectivity index is 2.31. The van der Waals surface area contributed by atoms with Crippen LogP contribution in [-0.2, 0) is 4.79 Å². The summed E-state index contributed by atoms with van der Waals surface area (Å²) in [6.07, 6.45) is 3.56. The molecule has 0 fully saturated rings. The molecule has 2 aromatic rings. The molecule has 2 rings (SSSR count). The Morgan fingerprint density at radius 2 is 1.90 bits per heavy atom. The number of anilines is 1. The third kappa shape index (κ3) is 3.07. The minimum Gasteiger partial charge on any atom is -0.399 e. The van der Waals surface area contributed by atoms with Gasteiger partial charge in [0.1, 0.15) is 11.9 Å². The van der Waals surface area contributed by atoms with Crippen molar-refractivity contribution in [1.29, 1.82) is 0 Å². The van der Waals surface area contributed by atoms with E-state index in [2.05, 4.69) is 4.98 Å². The number of nitrogens with two attached hydrogens (primary N) is 1. The zero-order valence-corrected chi connectivity index (χ0v) is 12.8. The van der Waals surface area contributed by atoms with Crippen molar-refractivity contribution < 1.29 is 4.79 Å². The molecule has 0 aliphatic rings. The van der Waals surface area contributed by atoms with Crippen molar-refractivity contribution in [2.24, 2.45) is 0 Å². The summed E-state index contributed by atoms with van der Waals surface area (Å²) in [7, 11) is 0. The van der Waals surface area contributed by atoms with E-state index in [-0.39, 0.29) is 11.9 Å². The van der Waals surface area contributed by atoms with Crippen molar-refractivity contribution in [2.45, 2.75) is 26.8 Å². The standard InChI is InChI=1S/C16H22N4O/c1-4-19(5-2)16(21)12(3)20-11-10-18-15(20)13-6-8-14(17)9-7-13/h6-12H,4-5,17H2,1-3H3. The van der Waals surface area contributed by atoms with Gasteiger partial charge in [-0.05, 0) is 45.0 Å². The summed E-state index contributed by atoms with van der Waals surface area (Å²) in [5.74, 6) is 0.887. The maximum atomic E-state index is 12.5. The zero-order chi connectivity index (χ0) is 15.4. The number of carbonyl (C=O) groups excluding carboxylic acids is 1. The van der Waals surface area contributed by atoms with Gasteiger partial charge in [0.15, 0.2) is 0 Å². The first-order valence-corrected chi connectivity index (χ1v) is 7.26. The maximum absolute atomic E-state index is 12.5. The summed E-state index contributed by atoms with van der Waals surface area (Å²) in [6.45, 7) is 7.31. The summed E-state index contributed by atoms with van der Waals surface area (Å²) in [6, 6.07) is 7.24. The van der Waals surface area contributed by atoms with E-state index < -0.39 is 0 Å². The minimum atomic E-state index is -0.278. The monoisotopic (exact) mass is 286 g/mol. The van der Waals surface area contributed by atoms with Crippen LogP contribution < -0.4 is 5.73 Å². The van der Waals surface area contributed by atoms with Crippen LogP contribution in [0.3, 0.4) is 0 Å². The highest BCUT2D eigenvalue weighted by atomic mass is 16.2. The quantitative estimate of drug-likeness (QED) is 0.859. The van der Waals surface area contributed by atoms with Gasteiger partial charge in [0.05, 0.1) is 0 Å². The van der Waals surface area contributed by atoms with Crippen LogP contribution in [-0.4, -0.2) is 33.4 Å². The lowest BCUT2D eigenvalue weighted by molar-refractivity contribution is -0.133. The van der Waals surface area contributed by atoms with Gasteiger partial charge in [0, 0.05) is 36.7 Å². The summed E-state index contributed by atoms with van der Waals surface area (Å²) in [4.78, 5) is 18.7. The first-order valence-electron chi connectivity index (χ1n) is 7.26. The Bertz CT molecular complexity index is 599. The van der Waals surface area contributed by atoms with Crippen LogP contribution in [0.2, 0.25) is 0 Å². The van der Waals surface area contributed by atoms with Crippen molar-refractivity contribution >= 4 is 11.6 Å². The van der Waals surface area contributed by atoms with Gasteiger partial charge in [0.25, 0.3) is 0 Å². The third-order valence-corrected chi connectivity index (χ3v) is 3.69. The Labute approximate surface area is 125 Å². The van der Waals surface area contributed by atoms with Crippen molar-refractivity contribution in [3.8, 4) is 11.4 Å². The Kier molecular flexibility index (Phi) is 4.62. The predicted molar refractivity (Wildman–Crippen MR) is 84.7 cm³/mol. The molecule has 21 heavy (non-hydrogen) atoms. The van der Waals surface area contributed by atoms with Gasteiger partial charge in [-0.3, -0.25) is 4.79 Å². The number of hydrogen-bond donors (Lipinski definition) is 1. The Morgan fingerprint density at radius 3 is 2.48 bits per heavy atom. The normalized spacial score (nSPS) is 12.1. The van der Waals surface area contributed by atoms with Crippen molar-refractivity contribution in [2.75, 3.05) is 18.8 Å². The molecule has 0 saturated heterocycles. The molecule has 1 unspecified atom stereocenters.